The van der Waals surface area contributed by atoms with Crippen molar-refractivity contribution >= 4 is 29.2 Å². The highest BCUT2D eigenvalue weighted by atomic mass is 35.5. The Labute approximate surface area is 234 Å². The van der Waals surface area contributed by atoms with Gasteiger partial charge < -0.3 is 20.7 Å². The number of nitrogens with one attached hydrogen (secondary N) is 1. The Bertz CT molecular complexity index is 1270. The molecule has 3 N–H and O–H groups in total. The van der Waals surface area contributed by atoms with Crippen molar-refractivity contribution in [1.82, 2.24) is 15.1 Å². The number of guanidine groups is 1. The summed E-state index contributed by atoms with van der Waals surface area (Å²) in [7, 11) is 0. The number of carbonyl (C=O) groups is 1. The molecule has 1 atom stereocenters. The summed E-state index contributed by atoms with van der Waals surface area (Å²) < 4.78 is 5.82. The summed E-state index contributed by atoms with van der Waals surface area (Å²) in [5.74, 6) is 0.951. The first-order valence-corrected chi connectivity index (χ1v) is 13.5. The molecule has 0 spiro atoms. The average Bonchev–Trinajstić information content (AvgIpc) is 3.47. The van der Waals surface area contributed by atoms with Gasteiger partial charge in [-0.05, 0) is 93.0 Å². The molecule has 0 radical (unpaired) electrons. The van der Waals surface area contributed by atoms with Crippen molar-refractivity contribution in [2.24, 2.45) is 10.7 Å². The van der Waals surface area contributed by atoms with Gasteiger partial charge in [0.25, 0.3) is 0 Å². The van der Waals surface area contributed by atoms with E-state index < -0.39 is 6.04 Å². The van der Waals surface area contributed by atoms with Gasteiger partial charge in [0.1, 0.15) is 17.5 Å². The molecule has 1 aliphatic rings. The molecule has 3 aromatic rings. The van der Waals surface area contributed by atoms with Gasteiger partial charge in [-0.1, -0.05) is 41.9 Å². The maximum Gasteiger partial charge on any atom is 0.244 e. The number of ether oxygens (including phenoxy) is 1. The third kappa shape index (κ3) is 8.47. The van der Waals surface area contributed by atoms with Crippen molar-refractivity contribution in [2.75, 3.05) is 26.2 Å². The molecule has 8 nitrogen and oxygen atoms in total. The fourth-order valence-corrected chi connectivity index (χ4v) is 4.60. The lowest BCUT2D eigenvalue weighted by Gasteiger charge is -2.25. The third-order valence-electron chi connectivity index (χ3n) is 6.52. The van der Waals surface area contributed by atoms with Gasteiger partial charge in [-0.25, -0.2) is 9.89 Å². The normalized spacial score (nSPS) is 14.4. The lowest BCUT2D eigenvalue weighted by atomic mass is 10.0. The van der Waals surface area contributed by atoms with Gasteiger partial charge in [0, 0.05) is 18.0 Å². The summed E-state index contributed by atoms with van der Waals surface area (Å²) in [6, 6.07) is 22.8. The second kappa shape index (κ2) is 14.2. The van der Waals surface area contributed by atoms with E-state index in [1.807, 2.05) is 30.3 Å². The number of amides is 1. The predicted molar refractivity (Wildman–Crippen MR) is 154 cm³/mol. The molecule has 0 bridgehead atoms. The van der Waals surface area contributed by atoms with Crippen LogP contribution in [0, 0.1) is 11.5 Å². The molecule has 1 amide bonds. The number of nitrogens with zero attached hydrogens (tertiary/aromatic N) is 4. The highest BCUT2D eigenvalue weighted by molar-refractivity contribution is 6.30. The van der Waals surface area contributed by atoms with E-state index in [9.17, 15) is 10.1 Å². The molecule has 1 unspecified atom stereocenters. The molecule has 0 saturated carbocycles. The van der Waals surface area contributed by atoms with Crippen LogP contribution < -0.4 is 15.8 Å². The van der Waals surface area contributed by atoms with Gasteiger partial charge in [-0.2, -0.15) is 5.26 Å². The van der Waals surface area contributed by atoms with E-state index in [4.69, 9.17) is 22.1 Å². The third-order valence-corrected chi connectivity index (χ3v) is 6.77. The number of halogens is 1. The zero-order chi connectivity index (χ0) is 27.5. The van der Waals surface area contributed by atoms with Crippen LogP contribution in [0.2, 0.25) is 5.02 Å². The first-order chi connectivity index (χ1) is 19.0. The summed E-state index contributed by atoms with van der Waals surface area (Å²) in [4.78, 5) is 21.3. The Morgan fingerprint density at radius 3 is 2.33 bits per heavy atom. The molecular weight excluding hydrogens is 512 g/mol. The van der Waals surface area contributed by atoms with E-state index in [-0.39, 0.29) is 11.9 Å². The fourth-order valence-electron chi connectivity index (χ4n) is 4.47. The quantitative estimate of drug-likeness (QED) is 0.115. The van der Waals surface area contributed by atoms with Crippen LogP contribution in [0.3, 0.4) is 0 Å². The number of benzene rings is 3. The van der Waals surface area contributed by atoms with Gasteiger partial charge in [0.2, 0.25) is 11.9 Å². The van der Waals surface area contributed by atoms with E-state index in [2.05, 4.69) is 21.4 Å². The number of aliphatic imine (C=N–C) groups is 1. The van der Waals surface area contributed by atoms with Crippen LogP contribution in [-0.2, 0) is 11.2 Å². The Kier molecular flexibility index (Phi) is 10.2. The second-order valence-electron chi connectivity index (χ2n) is 9.39. The molecule has 0 aromatic heterocycles. The molecule has 1 heterocycles. The zero-order valence-corrected chi connectivity index (χ0v) is 22.6. The number of rotatable bonds is 11. The highest BCUT2D eigenvalue weighted by Gasteiger charge is 2.28. The lowest BCUT2D eigenvalue weighted by molar-refractivity contribution is -0.124. The van der Waals surface area contributed by atoms with Crippen LogP contribution in [0.15, 0.2) is 83.9 Å². The van der Waals surface area contributed by atoms with Crippen LogP contribution in [0.4, 0.5) is 5.69 Å². The average molecular weight is 545 g/mol. The summed E-state index contributed by atoms with van der Waals surface area (Å²) in [5.41, 5.74) is 7.74. The minimum absolute atomic E-state index is 0.0583. The highest BCUT2D eigenvalue weighted by Crippen LogP contribution is 2.25. The second-order valence-corrected chi connectivity index (χ2v) is 9.83. The molecule has 4 rings (SSSR count). The Balaban J connectivity index is 1.44. The van der Waals surface area contributed by atoms with Gasteiger partial charge >= 0.3 is 0 Å². The smallest absolute Gasteiger partial charge is 0.244 e. The minimum atomic E-state index is -0.833. The summed E-state index contributed by atoms with van der Waals surface area (Å²) in [5, 5.41) is 13.6. The molecule has 1 aliphatic heterocycles. The SMILES string of the molecule is N#CN(C(N)=Nc1ccc(Oc2ccc(Cl)cc2)cc1)C(Cc1ccccc1)C(=O)NCCCN1CCCC1. The summed E-state index contributed by atoms with van der Waals surface area (Å²) in [6.07, 6.45) is 5.72. The molecular formula is C30H33ClN6O2. The molecule has 1 saturated heterocycles. The number of likely N-dealkylation sites (tertiary alicyclic amines) is 1. The van der Waals surface area contributed by atoms with Crippen molar-refractivity contribution in [3.63, 3.8) is 0 Å². The van der Waals surface area contributed by atoms with E-state index in [1.165, 1.54) is 17.7 Å². The van der Waals surface area contributed by atoms with Crippen molar-refractivity contribution in [2.45, 2.75) is 31.7 Å². The van der Waals surface area contributed by atoms with Crippen LogP contribution >= 0.6 is 11.6 Å². The Hall–Kier alpha value is -4.06. The predicted octanol–water partition coefficient (Wildman–Crippen LogP) is 5.07. The minimum Gasteiger partial charge on any atom is -0.457 e. The molecule has 0 aliphatic carbocycles. The van der Waals surface area contributed by atoms with Gasteiger partial charge in [0.05, 0.1) is 5.69 Å². The number of hydrogen-bond acceptors (Lipinski definition) is 5. The van der Waals surface area contributed by atoms with Gasteiger partial charge in [-0.3, -0.25) is 4.79 Å². The van der Waals surface area contributed by atoms with Gasteiger partial charge in [0.15, 0.2) is 6.19 Å². The van der Waals surface area contributed by atoms with Crippen LogP contribution in [0.5, 0.6) is 11.5 Å². The maximum atomic E-state index is 13.3. The number of nitriles is 1. The van der Waals surface area contributed by atoms with Crippen LogP contribution in [-0.4, -0.2) is 53.9 Å². The van der Waals surface area contributed by atoms with Crippen LogP contribution in [0.1, 0.15) is 24.8 Å². The van der Waals surface area contributed by atoms with E-state index in [0.717, 1.165) is 31.6 Å². The van der Waals surface area contributed by atoms with E-state index >= 15 is 0 Å². The monoisotopic (exact) mass is 544 g/mol. The Morgan fingerprint density at radius 2 is 1.69 bits per heavy atom. The summed E-state index contributed by atoms with van der Waals surface area (Å²) >= 11 is 5.93. The van der Waals surface area contributed by atoms with Crippen molar-refractivity contribution in [3.8, 4) is 17.7 Å². The molecule has 39 heavy (non-hydrogen) atoms. The van der Waals surface area contributed by atoms with Crippen molar-refractivity contribution in [3.05, 3.63) is 89.4 Å². The number of carbonyl (C=O) groups excluding carboxylic acids is 1. The molecule has 9 heteroatoms. The first-order valence-electron chi connectivity index (χ1n) is 13.1. The van der Waals surface area contributed by atoms with Crippen molar-refractivity contribution < 1.29 is 9.53 Å². The van der Waals surface area contributed by atoms with Crippen LogP contribution in [0.25, 0.3) is 0 Å². The number of nitrogens with two attached hydrogens (primary N) is 1. The van der Waals surface area contributed by atoms with E-state index in [0.29, 0.717) is 35.2 Å². The molecule has 3 aromatic carbocycles. The van der Waals surface area contributed by atoms with Gasteiger partial charge in [-0.15, -0.1) is 0 Å². The number of hydrogen-bond donors (Lipinski definition) is 2. The molecule has 1 fully saturated rings. The summed E-state index contributed by atoms with van der Waals surface area (Å²) in [6.45, 7) is 3.72. The topological polar surface area (TPSA) is 107 Å². The largest absolute Gasteiger partial charge is 0.457 e. The van der Waals surface area contributed by atoms with Crippen molar-refractivity contribution in [1.29, 1.82) is 5.26 Å². The Morgan fingerprint density at radius 1 is 1.05 bits per heavy atom. The first kappa shape index (κ1) is 28.0. The zero-order valence-electron chi connectivity index (χ0n) is 21.8. The fraction of sp³-hybridized carbons (Fsp3) is 0.300. The molecule has 202 valence electrons. The maximum absolute atomic E-state index is 13.3. The lowest BCUT2D eigenvalue weighted by Crippen LogP contribution is -2.51. The standard InChI is InChI=1S/C30H33ClN6O2/c31-24-9-13-26(14-10-24)39-27-15-11-25(12-16-27)35-30(33)37(22-32)28(21-23-7-2-1-3-8-23)29(38)34-17-6-20-36-18-4-5-19-36/h1-3,7-16,28H,4-6,17-21H2,(H2,33,35)(H,34,38). The van der Waals surface area contributed by atoms with E-state index in [1.54, 1.807) is 48.5 Å².